The Morgan fingerprint density at radius 1 is 0.800 bits per heavy atom. The molecule has 0 unspecified atom stereocenters. The Morgan fingerprint density at radius 2 is 1.64 bits per heavy atom. The fourth-order valence-electron chi connectivity index (χ4n) is 3.66. The topological polar surface area (TPSA) is 49.6 Å². The van der Waals surface area contributed by atoms with E-state index in [1.165, 1.54) is 31.4 Å². The lowest BCUT2D eigenvalue weighted by atomic mass is 10.1. The molecule has 0 aliphatic carbocycles. The van der Waals surface area contributed by atoms with Crippen molar-refractivity contribution in [2.75, 3.05) is 36.0 Å². The predicted octanol–water partition coefficient (Wildman–Crippen LogP) is 2.99. The van der Waals surface area contributed by atoms with Crippen LogP contribution < -0.4 is 9.80 Å². The molecule has 0 N–H and O–H groups in total. The quantitative estimate of drug-likeness (QED) is 0.737. The van der Waals surface area contributed by atoms with Crippen molar-refractivity contribution in [1.29, 1.82) is 0 Å². The SMILES string of the molecule is c1cc(-c2cnc3ccc(N4CCC4)cn23)nc(N2CCCCC2)n1. The number of anilines is 2. The predicted molar refractivity (Wildman–Crippen MR) is 99.1 cm³/mol. The molecule has 128 valence electrons. The molecule has 0 bridgehead atoms. The van der Waals surface area contributed by atoms with E-state index >= 15 is 0 Å². The molecule has 3 aromatic rings. The maximum atomic E-state index is 4.84. The summed E-state index contributed by atoms with van der Waals surface area (Å²) >= 11 is 0. The highest BCUT2D eigenvalue weighted by Crippen LogP contribution is 2.26. The zero-order valence-electron chi connectivity index (χ0n) is 14.3. The molecule has 2 fully saturated rings. The Morgan fingerprint density at radius 3 is 2.44 bits per heavy atom. The van der Waals surface area contributed by atoms with Gasteiger partial charge in [0.05, 0.1) is 23.3 Å². The first-order chi connectivity index (χ1) is 12.4. The van der Waals surface area contributed by atoms with Gasteiger partial charge in [0.2, 0.25) is 5.95 Å². The summed E-state index contributed by atoms with van der Waals surface area (Å²) in [6, 6.07) is 6.22. The summed E-state index contributed by atoms with van der Waals surface area (Å²) in [5, 5.41) is 0. The van der Waals surface area contributed by atoms with Crippen LogP contribution >= 0.6 is 0 Å². The minimum absolute atomic E-state index is 0.839. The Hall–Kier alpha value is -2.63. The van der Waals surface area contributed by atoms with E-state index in [0.717, 1.165) is 49.2 Å². The Labute approximate surface area is 147 Å². The largest absolute Gasteiger partial charge is 0.370 e. The summed E-state index contributed by atoms with van der Waals surface area (Å²) in [6.45, 7) is 4.38. The first kappa shape index (κ1) is 14.7. The number of hydrogen-bond acceptors (Lipinski definition) is 5. The fraction of sp³-hybridized carbons (Fsp3) is 0.421. The minimum atomic E-state index is 0.839. The second kappa shape index (κ2) is 6.02. The van der Waals surface area contributed by atoms with E-state index in [1.54, 1.807) is 0 Å². The maximum Gasteiger partial charge on any atom is 0.225 e. The van der Waals surface area contributed by atoms with Crippen molar-refractivity contribution in [2.45, 2.75) is 25.7 Å². The zero-order chi connectivity index (χ0) is 16.6. The number of pyridine rings is 1. The van der Waals surface area contributed by atoms with Gasteiger partial charge in [-0.1, -0.05) is 0 Å². The average Bonchev–Trinajstić information content (AvgIpc) is 3.04. The minimum Gasteiger partial charge on any atom is -0.370 e. The molecule has 2 saturated heterocycles. The highest BCUT2D eigenvalue weighted by Gasteiger charge is 2.17. The molecule has 3 aromatic heterocycles. The summed E-state index contributed by atoms with van der Waals surface area (Å²) in [6.07, 6.45) is 11.0. The number of fused-ring (bicyclic) bond motifs is 1. The summed E-state index contributed by atoms with van der Waals surface area (Å²) in [7, 11) is 0. The third kappa shape index (κ3) is 2.62. The van der Waals surface area contributed by atoms with Crippen molar-refractivity contribution in [2.24, 2.45) is 0 Å². The molecular formula is C19H22N6. The van der Waals surface area contributed by atoms with Crippen LogP contribution in [0.3, 0.4) is 0 Å². The van der Waals surface area contributed by atoms with Gasteiger partial charge in [-0.2, -0.15) is 0 Å². The summed E-state index contributed by atoms with van der Waals surface area (Å²) in [5.74, 6) is 0.839. The van der Waals surface area contributed by atoms with Crippen LogP contribution in [0, 0.1) is 0 Å². The first-order valence-corrected chi connectivity index (χ1v) is 9.19. The Bertz CT molecular complexity index is 892. The van der Waals surface area contributed by atoms with Gasteiger partial charge >= 0.3 is 0 Å². The van der Waals surface area contributed by atoms with Crippen LogP contribution in [0.5, 0.6) is 0 Å². The lowest BCUT2D eigenvalue weighted by molar-refractivity contribution is 0.568. The van der Waals surface area contributed by atoms with Crippen LogP contribution in [-0.4, -0.2) is 45.5 Å². The number of imidazole rings is 1. The summed E-state index contributed by atoms with van der Waals surface area (Å²) in [4.78, 5) is 18.6. The molecule has 5 heterocycles. The molecule has 0 aromatic carbocycles. The van der Waals surface area contributed by atoms with E-state index in [4.69, 9.17) is 4.98 Å². The molecular weight excluding hydrogens is 312 g/mol. The maximum absolute atomic E-state index is 4.84. The van der Waals surface area contributed by atoms with E-state index in [9.17, 15) is 0 Å². The van der Waals surface area contributed by atoms with Gasteiger partial charge in [-0.25, -0.2) is 15.0 Å². The van der Waals surface area contributed by atoms with Crippen LogP contribution in [0.25, 0.3) is 17.0 Å². The fourth-order valence-corrected chi connectivity index (χ4v) is 3.66. The molecule has 6 heteroatoms. The van der Waals surface area contributed by atoms with Crippen LogP contribution in [0.15, 0.2) is 36.8 Å². The molecule has 0 saturated carbocycles. The third-order valence-electron chi connectivity index (χ3n) is 5.26. The van der Waals surface area contributed by atoms with Crippen molar-refractivity contribution < 1.29 is 0 Å². The van der Waals surface area contributed by atoms with Crippen molar-refractivity contribution in [3.05, 3.63) is 36.8 Å². The van der Waals surface area contributed by atoms with Gasteiger partial charge in [0.1, 0.15) is 5.65 Å². The van der Waals surface area contributed by atoms with Gasteiger partial charge in [-0.3, -0.25) is 4.40 Å². The van der Waals surface area contributed by atoms with E-state index in [2.05, 4.69) is 42.5 Å². The van der Waals surface area contributed by atoms with Gasteiger partial charge in [-0.15, -0.1) is 0 Å². The standard InChI is InChI=1S/C19H22N6/c1-2-9-24(10-3-1)19-20-8-7-16(22-19)17-13-21-18-6-5-15(14-25(17)18)23-11-4-12-23/h5-8,13-14H,1-4,9-12H2. The molecule has 2 aliphatic heterocycles. The highest BCUT2D eigenvalue weighted by molar-refractivity contribution is 5.64. The lowest BCUT2D eigenvalue weighted by Gasteiger charge is -2.33. The van der Waals surface area contributed by atoms with E-state index < -0.39 is 0 Å². The first-order valence-electron chi connectivity index (χ1n) is 9.19. The summed E-state index contributed by atoms with van der Waals surface area (Å²) < 4.78 is 2.15. The van der Waals surface area contributed by atoms with Gasteiger partial charge in [-0.05, 0) is 43.9 Å². The van der Waals surface area contributed by atoms with Crippen LogP contribution in [0.1, 0.15) is 25.7 Å². The third-order valence-corrected chi connectivity index (χ3v) is 5.26. The zero-order valence-corrected chi connectivity index (χ0v) is 14.3. The highest BCUT2D eigenvalue weighted by atomic mass is 15.3. The Balaban J connectivity index is 1.53. The van der Waals surface area contributed by atoms with Crippen molar-refractivity contribution in [3.63, 3.8) is 0 Å². The van der Waals surface area contributed by atoms with Crippen LogP contribution in [-0.2, 0) is 0 Å². The molecule has 0 atom stereocenters. The van der Waals surface area contributed by atoms with Gasteiger partial charge in [0.15, 0.2) is 0 Å². The van der Waals surface area contributed by atoms with Gasteiger partial charge in [0.25, 0.3) is 0 Å². The smallest absolute Gasteiger partial charge is 0.225 e. The molecule has 2 aliphatic rings. The van der Waals surface area contributed by atoms with Crippen LogP contribution in [0.4, 0.5) is 11.6 Å². The van der Waals surface area contributed by atoms with E-state index in [0.29, 0.717) is 0 Å². The molecule has 0 spiro atoms. The number of rotatable bonds is 3. The molecule has 0 radical (unpaired) electrons. The Kier molecular flexibility index (Phi) is 3.54. The molecule has 0 amide bonds. The van der Waals surface area contributed by atoms with Crippen molar-refractivity contribution in [1.82, 2.24) is 19.4 Å². The van der Waals surface area contributed by atoms with Gasteiger partial charge < -0.3 is 9.80 Å². The number of piperidine rings is 1. The number of nitrogens with zero attached hydrogens (tertiary/aromatic N) is 6. The van der Waals surface area contributed by atoms with E-state index in [-0.39, 0.29) is 0 Å². The summed E-state index contributed by atoms with van der Waals surface area (Å²) in [5.41, 5.74) is 4.17. The molecule has 25 heavy (non-hydrogen) atoms. The van der Waals surface area contributed by atoms with E-state index in [1.807, 2.05) is 18.5 Å². The lowest BCUT2D eigenvalue weighted by Crippen LogP contribution is -2.37. The van der Waals surface area contributed by atoms with Gasteiger partial charge in [0, 0.05) is 38.6 Å². The van der Waals surface area contributed by atoms with Crippen molar-refractivity contribution >= 4 is 17.3 Å². The molecule has 5 rings (SSSR count). The second-order valence-corrected chi connectivity index (χ2v) is 6.89. The number of hydrogen-bond donors (Lipinski definition) is 0. The number of aromatic nitrogens is 4. The normalized spacial score (nSPS) is 17.8. The monoisotopic (exact) mass is 334 g/mol. The second-order valence-electron chi connectivity index (χ2n) is 6.89. The van der Waals surface area contributed by atoms with Crippen LogP contribution in [0.2, 0.25) is 0 Å². The molecule has 6 nitrogen and oxygen atoms in total. The average molecular weight is 334 g/mol. The van der Waals surface area contributed by atoms with Crippen molar-refractivity contribution in [3.8, 4) is 11.4 Å².